The van der Waals surface area contributed by atoms with E-state index in [0.717, 1.165) is 25.7 Å². The smallest absolute Gasteiger partial charge is 0.312 e. The summed E-state index contributed by atoms with van der Waals surface area (Å²) < 4.78 is 12.4. The van der Waals surface area contributed by atoms with Crippen LogP contribution < -0.4 is 0 Å². The Labute approximate surface area is 195 Å². The van der Waals surface area contributed by atoms with Gasteiger partial charge in [0.2, 0.25) is 0 Å². The van der Waals surface area contributed by atoms with Crippen molar-refractivity contribution in [2.75, 3.05) is 0 Å². The molecule has 0 aromatic rings. The highest BCUT2D eigenvalue weighted by molar-refractivity contribution is 5.87. The maximum atomic E-state index is 13.5. The Kier molecular flexibility index (Phi) is 5.08. The maximum absolute atomic E-state index is 13.5. The molecule has 4 bridgehead atoms. The summed E-state index contributed by atoms with van der Waals surface area (Å²) in [5.74, 6) is 0.670. The van der Waals surface area contributed by atoms with E-state index in [9.17, 15) is 9.59 Å². The van der Waals surface area contributed by atoms with Crippen LogP contribution in [0.4, 0.5) is 0 Å². The number of hydrogen-bond acceptors (Lipinski definition) is 4. The van der Waals surface area contributed by atoms with Gasteiger partial charge in [0.05, 0.1) is 10.8 Å². The SMILES string of the molecule is CC(C)(C(=O)O[C@@H]1C[C@@H]2CC[C@@]1(C)C2(C)C)C(C)(C)C(=O)O[C@@H]1C[C@@H]2CC[C@@]1(C)C2(C)C. The first-order valence-corrected chi connectivity index (χ1v) is 12.8. The van der Waals surface area contributed by atoms with E-state index in [4.69, 9.17) is 9.47 Å². The van der Waals surface area contributed by atoms with Gasteiger partial charge in [-0.15, -0.1) is 0 Å². The second-order valence-electron chi connectivity index (χ2n) is 14.3. The van der Waals surface area contributed by atoms with Gasteiger partial charge in [0.1, 0.15) is 12.2 Å². The molecule has 0 N–H and O–H groups in total. The Morgan fingerprint density at radius 2 is 0.969 bits per heavy atom. The molecule has 32 heavy (non-hydrogen) atoms. The molecule has 4 fully saturated rings. The van der Waals surface area contributed by atoms with E-state index in [0.29, 0.717) is 11.8 Å². The van der Waals surface area contributed by atoms with Crippen LogP contribution in [0.1, 0.15) is 108 Å². The second-order valence-corrected chi connectivity index (χ2v) is 14.3. The molecule has 0 saturated heterocycles. The number of rotatable bonds is 5. The summed E-state index contributed by atoms with van der Waals surface area (Å²) >= 11 is 0. The number of hydrogen-bond donors (Lipinski definition) is 0. The minimum Gasteiger partial charge on any atom is -0.461 e. The Bertz CT molecular complexity index is 753. The van der Waals surface area contributed by atoms with Gasteiger partial charge in [0.15, 0.2) is 0 Å². The molecule has 0 radical (unpaired) electrons. The average Bonchev–Trinajstić information content (AvgIpc) is 3.19. The fourth-order valence-corrected chi connectivity index (χ4v) is 7.68. The molecule has 4 aliphatic carbocycles. The van der Waals surface area contributed by atoms with Crippen molar-refractivity contribution in [2.45, 2.75) is 120 Å². The fraction of sp³-hybridized carbons (Fsp3) is 0.929. The molecule has 4 nitrogen and oxygen atoms in total. The van der Waals surface area contributed by atoms with Crippen LogP contribution in [-0.2, 0) is 19.1 Å². The molecule has 0 spiro atoms. The summed E-state index contributed by atoms with van der Waals surface area (Å²) in [4.78, 5) is 27.0. The first-order chi connectivity index (χ1) is 14.4. The first-order valence-electron chi connectivity index (χ1n) is 12.8. The van der Waals surface area contributed by atoms with Crippen LogP contribution in [0.3, 0.4) is 0 Å². The minimum atomic E-state index is -0.972. The molecule has 0 heterocycles. The molecule has 4 rings (SSSR count). The van der Waals surface area contributed by atoms with Gasteiger partial charge in [-0.1, -0.05) is 41.5 Å². The number of fused-ring (bicyclic) bond motifs is 4. The van der Waals surface area contributed by atoms with Crippen LogP contribution in [0.5, 0.6) is 0 Å². The number of esters is 2. The topological polar surface area (TPSA) is 52.6 Å². The Balaban J connectivity index is 1.47. The summed E-state index contributed by atoms with van der Waals surface area (Å²) in [7, 11) is 0. The largest absolute Gasteiger partial charge is 0.461 e. The van der Waals surface area contributed by atoms with E-state index in [2.05, 4.69) is 41.5 Å². The number of ether oxygens (including phenoxy) is 2. The lowest BCUT2D eigenvalue weighted by atomic mass is 9.67. The molecule has 4 heteroatoms. The highest BCUT2D eigenvalue weighted by atomic mass is 16.6. The highest BCUT2D eigenvalue weighted by Gasteiger charge is 2.65. The number of carbonyl (C=O) groups is 2. The summed E-state index contributed by atoms with van der Waals surface area (Å²) in [5, 5.41) is 0. The number of carbonyl (C=O) groups excluding carboxylic acids is 2. The molecule has 0 aliphatic heterocycles. The van der Waals surface area contributed by atoms with Crippen LogP contribution in [0.15, 0.2) is 0 Å². The van der Waals surface area contributed by atoms with Gasteiger partial charge in [0.25, 0.3) is 0 Å². The predicted octanol–water partition coefficient (Wildman–Crippen LogP) is 6.55. The Morgan fingerprint density at radius 3 is 1.19 bits per heavy atom. The molecule has 6 atom stereocenters. The van der Waals surface area contributed by atoms with E-state index >= 15 is 0 Å². The van der Waals surface area contributed by atoms with Crippen LogP contribution in [0.2, 0.25) is 0 Å². The van der Waals surface area contributed by atoms with Crippen molar-refractivity contribution in [1.82, 2.24) is 0 Å². The second kappa shape index (κ2) is 6.75. The van der Waals surface area contributed by atoms with Gasteiger partial charge in [0, 0.05) is 10.8 Å². The van der Waals surface area contributed by atoms with Gasteiger partial charge in [-0.25, -0.2) is 0 Å². The molecule has 0 unspecified atom stereocenters. The molecular formula is C28H46O4. The molecule has 4 aliphatic rings. The van der Waals surface area contributed by atoms with Gasteiger partial charge in [-0.2, -0.15) is 0 Å². The quantitative estimate of drug-likeness (QED) is 0.449. The van der Waals surface area contributed by atoms with Crippen molar-refractivity contribution < 1.29 is 19.1 Å². The van der Waals surface area contributed by atoms with Crippen LogP contribution in [-0.4, -0.2) is 24.1 Å². The first kappa shape index (κ1) is 24.1. The van der Waals surface area contributed by atoms with Crippen molar-refractivity contribution in [3.8, 4) is 0 Å². The zero-order valence-corrected chi connectivity index (χ0v) is 22.2. The van der Waals surface area contributed by atoms with Crippen molar-refractivity contribution in [3.05, 3.63) is 0 Å². The van der Waals surface area contributed by atoms with E-state index in [1.165, 1.54) is 12.8 Å². The van der Waals surface area contributed by atoms with Crippen molar-refractivity contribution in [3.63, 3.8) is 0 Å². The predicted molar refractivity (Wildman–Crippen MR) is 126 cm³/mol. The molecule has 0 aromatic carbocycles. The standard InChI is InChI=1S/C28H46O4/c1-23(2)17-11-13-27(23,9)19(15-17)31-21(29)25(5,6)26(7,8)22(30)32-20-16-18-12-14-28(20,10)24(18,3)4/h17-20H,11-16H2,1-10H3/t17-,18-,19+,20+,27+,28+/m0/s1. The van der Waals surface area contributed by atoms with E-state index in [-0.39, 0.29) is 45.8 Å². The van der Waals surface area contributed by atoms with Gasteiger partial charge in [-0.05, 0) is 88.9 Å². The van der Waals surface area contributed by atoms with Crippen molar-refractivity contribution in [1.29, 1.82) is 0 Å². The van der Waals surface area contributed by atoms with Gasteiger partial charge < -0.3 is 9.47 Å². The van der Waals surface area contributed by atoms with Crippen LogP contribution in [0.25, 0.3) is 0 Å². The zero-order valence-electron chi connectivity index (χ0n) is 22.2. The third kappa shape index (κ3) is 2.79. The fourth-order valence-electron chi connectivity index (χ4n) is 7.68. The average molecular weight is 447 g/mol. The Hall–Kier alpha value is -1.06. The van der Waals surface area contributed by atoms with Gasteiger partial charge >= 0.3 is 11.9 Å². The molecule has 0 aromatic heterocycles. The van der Waals surface area contributed by atoms with E-state index < -0.39 is 10.8 Å². The third-order valence-electron chi connectivity index (χ3n) is 12.5. The monoisotopic (exact) mass is 446 g/mol. The highest BCUT2D eigenvalue weighted by Crippen LogP contribution is 2.67. The zero-order chi connectivity index (χ0) is 24.1. The summed E-state index contributed by atoms with van der Waals surface area (Å²) in [6, 6.07) is 0. The third-order valence-corrected chi connectivity index (χ3v) is 12.5. The van der Waals surface area contributed by atoms with Gasteiger partial charge in [-0.3, -0.25) is 9.59 Å². The summed E-state index contributed by atoms with van der Waals surface area (Å²) in [5.41, 5.74) is -1.56. The van der Waals surface area contributed by atoms with E-state index in [1.807, 2.05) is 27.7 Å². The summed E-state index contributed by atoms with van der Waals surface area (Å²) in [6.45, 7) is 21.3. The summed E-state index contributed by atoms with van der Waals surface area (Å²) in [6.07, 6.45) is 6.38. The van der Waals surface area contributed by atoms with Crippen LogP contribution in [0, 0.1) is 44.3 Å². The molecule has 182 valence electrons. The Morgan fingerprint density at radius 1 is 0.656 bits per heavy atom. The normalized spacial score (nSPS) is 41.7. The van der Waals surface area contributed by atoms with Crippen molar-refractivity contribution >= 4 is 11.9 Å². The lowest BCUT2D eigenvalue weighted by molar-refractivity contribution is -0.189. The molecule has 0 amide bonds. The maximum Gasteiger partial charge on any atom is 0.312 e. The minimum absolute atomic E-state index is 0.0112. The lowest BCUT2D eigenvalue weighted by Crippen LogP contribution is -2.50. The van der Waals surface area contributed by atoms with E-state index in [1.54, 1.807) is 0 Å². The molecular weight excluding hydrogens is 400 g/mol. The van der Waals surface area contributed by atoms with Crippen molar-refractivity contribution in [2.24, 2.45) is 44.3 Å². The lowest BCUT2D eigenvalue weighted by Gasteiger charge is -2.43. The molecule has 4 saturated carbocycles. The van der Waals surface area contributed by atoms with Crippen LogP contribution >= 0.6 is 0 Å².